The van der Waals surface area contributed by atoms with Crippen LogP contribution in [-0.2, 0) is 23.9 Å². The monoisotopic (exact) mass is 231 g/mol. The number of ether oxygens (including phenoxy) is 2. The van der Waals surface area contributed by atoms with Crippen LogP contribution in [-0.4, -0.2) is 49.8 Å². The van der Waals surface area contributed by atoms with Gasteiger partial charge in [-0.15, -0.1) is 0 Å². The molecule has 0 aromatic heterocycles. The van der Waals surface area contributed by atoms with Crippen LogP contribution in [0.4, 0.5) is 0 Å². The number of methoxy groups -OCH3 is 1. The van der Waals surface area contributed by atoms with E-state index >= 15 is 0 Å². The summed E-state index contributed by atoms with van der Waals surface area (Å²) in [6.07, 6.45) is 1.87. The molecule has 7 nitrogen and oxygen atoms in total. The van der Waals surface area contributed by atoms with Crippen LogP contribution < -0.4 is 5.32 Å². The molecular formula is C9H13NO6. The normalized spacial score (nSPS) is 10.1. The zero-order valence-electron chi connectivity index (χ0n) is 8.76. The van der Waals surface area contributed by atoms with E-state index in [0.717, 1.165) is 12.2 Å². The Labute approximate surface area is 92.0 Å². The van der Waals surface area contributed by atoms with E-state index in [1.807, 2.05) is 0 Å². The lowest BCUT2D eigenvalue weighted by atomic mass is 10.5. The van der Waals surface area contributed by atoms with Crippen LogP contribution >= 0.6 is 0 Å². The first kappa shape index (κ1) is 14.1. The van der Waals surface area contributed by atoms with Crippen LogP contribution in [0.25, 0.3) is 0 Å². The van der Waals surface area contributed by atoms with Crippen molar-refractivity contribution in [3.63, 3.8) is 0 Å². The number of hydrogen-bond donors (Lipinski definition) is 2. The maximum atomic E-state index is 10.9. The van der Waals surface area contributed by atoms with Crippen LogP contribution in [0.2, 0.25) is 0 Å². The van der Waals surface area contributed by atoms with Crippen molar-refractivity contribution in [1.29, 1.82) is 0 Å². The van der Waals surface area contributed by atoms with Gasteiger partial charge in [0.1, 0.15) is 6.61 Å². The summed E-state index contributed by atoms with van der Waals surface area (Å²) in [5.41, 5.74) is 0. The highest BCUT2D eigenvalue weighted by Gasteiger charge is 1.99. The topological polar surface area (TPSA) is 102 Å². The highest BCUT2D eigenvalue weighted by Crippen LogP contribution is 1.83. The summed E-state index contributed by atoms with van der Waals surface area (Å²) in [5.74, 6) is -2.33. The lowest BCUT2D eigenvalue weighted by Gasteiger charge is -2.01. The van der Waals surface area contributed by atoms with Gasteiger partial charge in [0.05, 0.1) is 13.7 Å². The maximum Gasteiger partial charge on any atom is 0.331 e. The summed E-state index contributed by atoms with van der Waals surface area (Å²) in [4.78, 5) is 31.5. The molecule has 0 rings (SSSR count). The predicted octanol–water partition coefficient (Wildman–Crippen LogP) is -1.07. The molecule has 0 aliphatic rings. The molecule has 0 aromatic rings. The molecule has 90 valence electrons. The summed E-state index contributed by atoms with van der Waals surface area (Å²) in [6.45, 7) is 0.0529. The second-order valence-corrected chi connectivity index (χ2v) is 2.59. The molecule has 0 unspecified atom stereocenters. The summed E-state index contributed by atoms with van der Waals surface area (Å²) in [6, 6.07) is 0. The van der Waals surface area contributed by atoms with Crippen molar-refractivity contribution < 1.29 is 29.0 Å². The maximum absolute atomic E-state index is 10.9. The number of nitrogens with one attached hydrogen (secondary N) is 1. The van der Waals surface area contributed by atoms with Crippen LogP contribution in [0, 0.1) is 0 Å². The van der Waals surface area contributed by atoms with Crippen LogP contribution in [0.15, 0.2) is 12.2 Å². The predicted molar refractivity (Wildman–Crippen MR) is 52.6 cm³/mol. The molecule has 0 atom stereocenters. The fraction of sp³-hybridized carbons (Fsp3) is 0.444. The van der Waals surface area contributed by atoms with Gasteiger partial charge in [0.2, 0.25) is 0 Å². The first-order valence-corrected chi connectivity index (χ1v) is 4.41. The standard InChI is InChI=1S/C9H13NO6/c1-15-8(13)2-3-9(14)16-5-4-10-6-7(11)12/h2-3,10H,4-6H2,1H3,(H,11,12)/b3-2+. The molecule has 0 saturated carbocycles. The molecule has 0 bridgehead atoms. The number of carboxylic acid groups (broad SMARTS) is 1. The van der Waals surface area contributed by atoms with Crippen molar-refractivity contribution in [1.82, 2.24) is 5.32 Å². The molecule has 0 aromatic carbocycles. The largest absolute Gasteiger partial charge is 0.480 e. The number of carbonyl (C=O) groups is 3. The second-order valence-electron chi connectivity index (χ2n) is 2.59. The molecule has 0 fully saturated rings. The molecule has 7 heteroatoms. The Kier molecular flexibility index (Phi) is 7.43. The molecule has 0 radical (unpaired) electrons. The Bertz CT molecular complexity index is 286. The quantitative estimate of drug-likeness (QED) is 0.327. The zero-order valence-corrected chi connectivity index (χ0v) is 8.76. The summed E-state index contributed by atoms with van der Waals surface area (Å²) >= 11 is 0. The van der Waals surface area contributed by atoms with Gasteiger partial charge in [-0.1, -0.05) is 0 Å². The van der Waals surface area contributed by atoms with Crippen molar-refractivity contribution in [2.24, 2.45) is 0 Å². The smallest absolute Gasteiger partial charge is 0.331 e. The van der Waals surface area contributed by atoms with E-state index in [4.69, 9.17) is 5.11 Å². The lowest BCUT2D eigenvalue weighted by Crippen LogP contribution is -2.26. The first-order valence-electron chi connectivity index (χ1n) is 4.41. The zero-order chi connectivity index (χ0) is 12.4. The van der Waals surface area contributed by atoms with Gasteiger partial charge in [0.15, 0.2) is 0 Å². The highest BCUT2D eigenvalue weighted by molar-refractivity contribution is 5.91. The minimum atomic E-state index is -0.989. The number of carboxylic acids is 1. The first-order chi connectivity index (χ1) is 7.56. The average Bonchev–Trinajstić information content (AvgIpc) is 2.24. The third kappa shape index (κ3) is 8.70. The Morgan fingerprint density at radius 3 is 2.44 bits per heavy atom. The average molecular weight is 231 g/mol. The fourth-order valence-electron chi connectivity index (χ4n) is 0.671. The van der Waals surface area contributed by atoms with Gasteiger partial charge in [-0.2, -0.15) is 0 Å². The molecule has 0 heterocycles. The summed E-state index contributed by atoms with van der Waals surface area (Å²) in [5, 5.41) is 10.8. The van der Waals surface area contributed by atoms with Gasteiger partial charge < -0.3 is 19.9 Å². The van der Waals surface area contributed by atoms with Gasteiger partial charge in [-0.25, -0.2) is 9.59 Å². The van der Waals surface area contributed by atoms with Gasteiger partial charge in [0.25, 0.3) is 0 Å². The van der Waals surface area contributed by atoms with E-state index in [1.165, 1.54) is 7.11 Å². The van der Waals surface area contributed by atoms with Crippen LogP contribution in [0.1, 0.15) is 0 Å². The molecule has 0 aliphatic carbocycles. The Morgan fingerprint density at radius 1 is 1.25 bits per heavy atom. The molecular weight excluding hydrogens is 218 g/mol. The lowest BCUT2D eigenvalue weighted by molar-refractivity contribution is -0.139. The van der Waals surface area contributed by atoms with E-state index in [2.05, 4.69) is 14.8 Å². The van der Waals surface area contributed by atoms with E-state index in [1.54, 1.807) is 0 Å². The number of aliphatic carboxylic acids is 1. The van der Waals surface area contributed by atoms with Crippen LogP contribution in [0.3, 0.4) is 0 Å². The van der Waals surface area contributed by atoms with Gasteiger partial charge in [-0.3, -0.25) is 4.79 Å². The van der Waals surface area contributed by atoms with Gasteiger partial charge >= 0.3 is 17.9 Å². The Hall–Kier alpha value is -1.89. The van der Waals surface area contributed by atoms with Crippen molar-refractivity contribution in [2.45, 2.75) is 0 Å². The highest BCUT2D eigenvalue weighted by atomic mass is 16.5. The SMILES string of the molecule is COC(=O)/C=C/C(=O)OCCNCC(=O)O. The van der Waals surface area contributed by atoms with Gasteiger partial charge in [0, 0.05) is 18.7 Å². The van der Waals surface area contributed by atoms with Crippen molar-refractivity contribution >= 4 is 17.9 Å². The van der Waals surface area contributed by atoms with E-state index in [0.29, 0.717) is 0 Å². The number of esters is 2. The van der Waals surface area contributed by atoms with E-state index < -0.39 is 17.9 Å². The number of carbonyl (C=O) groups excluding carboxylic acids is 2. The number of rotatable bonds is 7. The Balaban J connectivity index is 3.55. The summed E-state index contributed by atoms with van der Waals surface area (Å²) < 4.78 is 8.89. The Morgan fingerprint density at radius 2 is 1.88 bits per heavy atom. The molecule has 0 aliphatic heterocycles. The fourth-order valence-corrected chi connectivity index (χ4v) is 0.671. The molecule has 0 spiro atoms. The third-order valence-corrected chi connectivity index (χ3v) is 1.36. The van der Waals surface area contributed by atoms with E-state index in [-0.39, 0.29) is 19.7 Å². The number of hydrogen-bond acceptors (Lipinski definition) is 6. The molecule has 16 heavy (non-hydrogen) atoms. The minimum Gasteiger partial charge on any atom is -0.480 e. The van der Waals surface area contributed by atoms with Gasteiger partial charge in [-0.05, 0) is 0 Å². The van der Waals surface area contributed by atoms with E-state index in [9.17, 15) is 14.4 Å². The minimum absolute atomic E-state index is 0.0254. The van der Waals surface area contributed by atoms with Crippen molar-refractivity contribution in [2.75, 3.05) is 26.8 Å². The van der Waals surface area contributed by atoms with Crippen molar-refractivity contribution in [3.05, 3.63) is 12.2 Å². The molecule has 0 saturated heterocycles. The molecule has 0 amide bonds. The second kappa shape index (κ2) is 8.42. The van der Waals surface area contributed by atoms with Crippen LogP contribution in [0.5, 0.6) is 0 Å². The third-order valence-electron chi connectivity index (χ3n) is 1.36. The summed E-state index contributed by atoms with van der Waals surface area (Å²) in [7, 11) is 1.19. The molecule has 2 N–H and O–H groups in total. The van der Waals surface area contributed by atoms with Crippen molar-refractivity contribution in [3.8, 4) is 0 Å².